The maximum Gasteiger partial charge on any atom is 0.232 e. The van der Waals surface area contributed by atoms with Crippen molar-refractivity contribution in [1.29, 1.82) is 5.41 Å². The van der Waals surface area contributed by atoms with Crippen molar-refractivity contribution in [2.24, 2.45) is 9.98 Å². The van der Waals surface area contributed by atoms with Crippen molar-refractivity contribution in [2.75, 3.05) is 5.32 Å². The molecule has 0 radical (unpaired) electrons. The summed E-state index contributed by atoms with van der Waals surface area (Å²) in [5.74, 6) is -0.0676. The first kappa shape index (κ1) is 19.2. The normalized spacial score (nSPS) is 23.4. The first-order chi connectivity index (χ1) is 11.6. The van der Waals surface area contributed by atoms with Crippen molar-refractivity contribution in [1.82, 2.24) is 5.06 Å². The SMILES string of the molecule is CC1(C)CCC(N=C(N=C=N)Nc2ccc(F)cc2)CC(C)(C)N1O. The number of rotatable bonds is 2. The largest absolute Gasteiger partial charge is 0.324 e. The van der Waals surface area contributed by atoms with Crippen molar-refractivity contribution in [2.45, 2.75) is 64.1 Å². The van der Waals surface area contributed by atoms with Gasteiger partial charge in [0, 0.05) is 16.8 Å². The van der Waals surface area contributed by atoms with Gasteiger partial charge in [0.25, 0.3) is 0 Å². The lowest BCUT2D eigenvalue weighted by molar-refractivity contribution is -0.221. The summed E-state index contributed by atoms with van der Waals surface area (Å²) in [7, 11) is 0. The molecule has 136 valence electrons. The van der Waals surface area contributed by atoms with Crippen LogP contribution >= 0.6 is 0 Å². The molecule has 2 rings (SSSR count). The van der Waals surface area contributed by atoms with E-state index in [1.54, 1.807) is 12.1 Å². The fourth-order valence-electron chi connectivity index (χ4n) is 3.30. The predicted octanol–water partition coefficient (Wildman–Crippen LogP) is 4.15. The van der Waals surface area contributed by atoms with Gasteiger partial charge in [-0.1, -0.05) is 0 Å². The first-order valence-electron chi connectivity index (χ1n) is 8.36. The molecule has 0 saturated carbocycles. The van der Waals surface area contributed by atoms with Gasteiger partial charge >= 0.3 is 0 Å². The molecule has 1 heterocycles. The van der Waals surface area contributed by atoms with Gasteiger partial charge in [-0.05, 0) is 71.2 Å². The standard InChI is InChI=1S/C18H26FN5O/c1-17(2)10-9-15(11-18(3,4)24(17)25)23-16(21-12-20)22-14-7-5-13(19)6-8-14/h5-8,15,20,25H,9-11H2,1-4H3,(H,22,23). The van der Waals surface area contributed by atoms with Gasteiger partial charge in [-0.3, -0.25) is 0 Å². The van der Waals surface area contributed by atoms with Crippen LogP contribution in [0.4, 0.5) is 10.1 Å². The van der Waals surface area contributed by atoms with E-state index in [1.165, 1.54) is 17.2 Å². The molecule has 7 heteroatoms. The number of aliphatic imine (C=N–C) groups is 2. The minimum Gasteiger partial charge on any atom is -0.324 e. The second-order valence-corrected chi connectivity index (χ2v) is 7.64. The fourth-order valence-corrected chi connectivity index (χ4v) is 3.30. The summed E-state index contributed by atoms with van der Waals surface area (Å²) in [6.45, 7) is 7.98. The van der Waals surface area contributed by atoms with Gasteiger partial charge in [0.15, 0.2) is 0 Å². The number of anilines is 1. The topological polar surface area (TPSA) is 84.1 Å². The Balaban J connectivity index is 2.24. The molecule has 0 aromatic heterocycles. The van der Waals surface area contributed by atoms with Gasteiger partial charge in [0.1, 0.15) is 5.82 Å². The van der Waals surface area contributed by atoms with Crippen LogP contribution in [-0.4, -0.2) is 39.4 Å². The Morgan fingerprint density at radius 2 is 1.92 bits per heavy atom. The van der Waals surface area contributed by atoms with Crippen LogP contribution in [-0.2, 0) is 0 Å². The second kappa shape index (κ2) is 7.44. The van der Waals surface area contributed by atoms with Crippen LogP contribution in [0, 0.1) is 11.2 Å². The molecule has 1 unspecified atom stereocenters. The Labute approximate surface area is 148 Å². The Hall–Kier alpha value is -2.08. The van der Waals surface area contributed by atoms with E-state index in [0.29, 0.717) is 12.1 Å². The van der Waals surface area contributed by atoms with E-state index in [2.05, 4.69) is 15.3 Å². The average Bonchev–Trinajstić information content (AvgIpc) is 2.60. The molecule has 1 saturated heterocycles. The third-order valence-corrected chi connectivity index (χ3v) is 4.54. The highest BCUT2D eigenvalue weighted by atomic mass is 19.1. The minimum atomic E-state index is -0.441. The Morgan fingerprint density at radius 1 is 1.28 bits per heavy atom. The fraction of sp³-hybridized carbons (Fsp3) is 0.556. The molecule has 1 atom stereocenters. The number of nitrogens with one attached hydrogen (secondary N) is 2. The van der Waals surface area contributed by atoms with Crippen molar-refractivity contribution in [3.63, 3.8) is 0 Å². The van der Waals surface area contributed by atoms with E-state index in [9.17, 15) is 9.60 Å². The van der Waals surface area contributed by atoms with Crippen molar-refractivity contribution >= 4 is 17.7 Å². The van der Waals surface area contributed by atoms with E-state index < -0.39 is 5.54 Å². The summed E-state index contributed by atoms with van der Waals surface area (Å²) in [4.78, 5) is 8.48. The predicted molar refractivity (Wildman–Crippen MR) is 97.0 cm³/mol. The van der Waals surface area contributed by atoms with Crippen LogP contribution in [0.5, 0.6) is 0 Å². The molecule has 1 fully saturated rings. The number of nitrogens with zero attached hydrogens (tertiary/aromatic N) is 3. The lowest BCUT2D eigenvalue weighted by atomic mass is 9.94. The lowest BCUT2D eigenvalue weighted by Crippen LogP contribution is -2.52. The maximum absolute atomic E-state index is 13.0. The van der Waals surface area contributed by atoms with Crippen LogP contribution < -0.4 is 5.32 Å². The number of halogens is 1. The van der Waals surface area contributed by atoms with Gasteiger partial charge in [-0.15, -0.1) is 4.99 Å². The highest BCUT2D eigenvalue weighted by molar-refractivity contribution is 5.97. The molecule has 25 heavy (non-hydrogen) atoms. The zero-order chi connectivity index (χ0) is 18.7. The van der Waals surface area contributed by atoms with Crippen molar-refractivity contribution in [3.05, 3.63) is 30.1 Å². The highest BCUT2D eigenvalue weighted by Gasteiger charge is 2.41. The maximum atomic E-state index is 13.0. The van der Waals surface area contributed by atoms with Crippen LogP contribution in [0.2, 0.25) is 0 Å². The zero-order valence-electron chi connectivity index (χ0n) is 15.2. The summed E-state index contributed by atoms with van der Waals surface area (Å²) < 4.78 is 13.0. The number of hydrogen-bond donors (Lipinski definition) is 3. The summed E-state index contributed by atoms with van der Waals surface area (Å²) >= 11 is 0. The number of hydroxylamine groups is 2. The molecule has 0 aliphatic carbocycles. The van der Waals surface area contributed by atoms with E-state index in [-0.39, 0.29) is 23.4 Å². The van der Waals surface area contributed by atoms with Gasteiger partial charge in [0.05, 0.1) is 12.1 Å². The molecule has 0 bridgehead atoms. The lowest BCUT2D eigenvalue weighted by Gasteiger charge is -2.42. The molecular formula is C18H26FN5O. The Kier molecular flexibility index (Phi) is 5.72. The third-order valence-electron chi connectivity index (χ3n) is 4.54. The molecule has 6 nitrogen and oxygen atoms in total. The smallest absolute Gasteiger partial charge is 0.232 e. The second-order valence-electron chi connectivity index (χ2n) is 7.64. The highest BCUT2D eigenvalue weighted by Crippen LogP contribution is 2.36. The summed E-state index contributed by atoms with van der Waals surface area (Å²) in [5.41, 5.74) is -0.150. The zero-order valence-corrected chi connectivity index (χ0v) is 15.2. The van der Waals surface area contributed by atoms with Crippen LogP contribution in [0.1, 0.15) is 47.0 Å². The molecule has 1 aromatic rings. The molecular weight excluding hydrogens is 321 g/mol. The molecule has 1 aliphatic rings. The van der Waals surface area contributed by atoms with Gasteiger partial charge in [-0.25, -0.2) is 14.8 Å². The molecule has 3 N–H and O–H groups in total. The molecule has 1 aliphatic heterocycles. The van der Waals surface area contributed by atoms with E-state index in [1.807, 2.05) is 33.7 Å². The Morgan fingerprint density at radius 3 is 2.52 bits per heavy atom. The molecule has 1 aromatic carbocycles. The first-order valence-corrected chi connectivity index (χ1v) is 8.36. The monoisotopic (exact) mass is 347 g/mol. The average molecular weight is 347 g/mol. The number of hydrogen-bond acceptors (Lipinski definition) is 4. The summed E-state index contributed by atoms with van der Waals surface area (Å²) in [6.07, 6.45) is 2.21. The number of guanidine groups is 1. The Bertz CT molecular complexity index is 677. The van der Waals surface area contributed by atoms with Crippen LogP contribution in [0.25, 0.3) is 0 Å². The molecule has 0 amide bonds. The van der Waals surface area contributed by atoms with Crippen molar-refractivity contribution in [3.8, 4) is 0 Å². The van der Waals surface area contributed by atoms with Crippen molar-refractivity contribution < 1.29 is 9.60 Å². The summed E-state index contributed by atoms with van der Waals surface area (Å²) in [6, 6.07) is 7.79. The van der Waals surface area contributed by atoms with Crippen LogP contribution in [0.3, 0.4) is 0 Å². The van der Waals surface area contributed by atoms with E-state index in [4.69, 9.17) is 5.41 Å². The minimum absolute atomic E-state index is 0.0635. The van der Waals surface area contributed by atoms with Crippen LogP contribution in [0.15, 0.2) is 34.3 Å². The van der Waals surface area contributed by atoms with Gasteiger partial charge in [-0.2, -0.15) is 5.06 Å². The summed E-state index contributed by atoms with van der Waals surface area (Å²) in [5, 5.41) is 22.1. The van der Waals surface area contributed by atoms with E-state index in [0.717, 1.165) is 12.8 Å². The van der Waals surface area contributed by atoms with E-state index >= 15 is 0 Å². The number of benzene rings is 1. The quantitative estimate of drug-likeness (QED) is 0.555. The van der Waals surface area contributed by atoms with Gasteiger partial charge in [0.2, 0.25) is 5.96 Å². The third kappa shape index (κ3) is 4.95. The van der Waals surface area contributed by atoms with Gasteiger partial charge < -0.3 is 10.5 Å². The molecule has 0 spiro atoms.